The molecule has 0 aliphatic carbocycles. The second-order valence-electron chi connectivity index (χ2n) is 12.2. The smallest absolute Gasteiger partial charge is 0.547 e. The molecule has 0 N–H and O–H groups in total. The Balaban J connectivity index is 0.00000384. The van der Waals surface area contributed by atoms with Crippen LogP contribution in [0, 0.1) is 5.82 Å². The molecule has 1 saturated heterocycles. The van der Waals surface area contributed by atoms with Gasteiger partial charge in [0.2, 0.25) is 0 Å². The van der Waals surface area contributed by atoms with Gasteiger partial charge in [-0.2, -0.15) is 0 Å². The van der Waals surface area contributed by atoms with Crippen LogP contribution in [0.1, 0.15) is 54.1 Å². The van der Waals surface area contributed by atoms with Crippen molar-refractivity contribution in [3.8, 4) is 11.1 Å². The van der Waals surface area contributed by atoms with Gasteiger partial charge in [-0.1, -0.05) is 12.1 Å². The fourth-order valence-corrected chi connectivity index (χ4v) is 6.00. The summed E-state index contributed by atoms with van der Waals surface area (Å²) >= 11 is 0. The molecule has 2 aromatic carbocycles. The molecule has 1 fully saturated rings. The number of alkyl halides is 1. The van der Waals surface area contributed by atoms with Crippen LogP contribution >= 0.6 is 0 Å². The molecule has 226 valence electrons. The number of piperazine rings is 1. The zero-order chi connectivity index (χ0) is 30.6. The van der Waals surface area contributed by atoms with E-state index in [-0.39, 0.29) is 61.3 Å². The number of hydrogen-bond acceptors (Lipinski definition) is 7. The fraction of sp³-hybridized carbons (Fsp3) is 0.419. The summed E-state index contributed by atoms with van der Waals surface area (Å²) in [5, 5.41) is 12.2. The minimum absolute atomic E-state index is 0. The SMILES string of the molecule is CC(C)(C)OC(=O)N1CCN(c2ccc(-c3cc(F)c4c(c3)C(=O)N(C(C(=O)[O-])c3ncn5c3CC(F)C5)C4)cc2)CC1.[Li+]. The monoisotopic (exact) mass is 599 g/mol. The number of anilines is 1. The van der Waals surface area contributed by atoms with Gasteiger partial charge in [-0.25, -0.2) is 18.6 Å². The molecule has 3 aliphatic heterocycles. The molecule has 4 heterocycles. The minimum atomic E-state index is -1.57. The number of carboxylic acid groups (broad SMARTS) is 1. The van der Waals surface area contributed by atoms with Crippen molar-refractivity contribution in [2.24, 2.45) is 0 Å². The largest absolute Gasteiger partial charge is 1.00 e. The van der Waals surface area contributed by atoms with Crippen LogP contribution in [0.15, 0.2) is 42.7 Å². The molecule has 2 atom stereocenters. The Morgan fingerprint density at radius 2 is 1.75 bits per heavy atom. The van der Waals surface area contributed by atoms with E-state index in [4.69, 9.17) is 4.74 Å². The van der Waals surface area contributed by atoms with Crippen LogP contribution < -0.4 is 28.9 Å². The molecule has 0 bridgehead atoms. The molecule has 6 rings (SSSR count). The number of amides is 2. The van der Waals surface area contributed by atoms with Gasteiger partial charge in [0.1, 0.15) is 23.6 Å². The molecule has 0 saturated carbocycles. The maximum Gasteiger partial charge on any atom is 1.00 e. The minimum Gasteiger partial charge on any atom is -0.547 e. The van der Waals surface area contributed by atoms with E-state index in [1.165, 1.54) is 17.0 Å². The molecule has 13 heteroatoms. The molecule has 1 aromatic heterocycles. The third-order valence-electron chi connectivity index (χ3n) is 8.09. The zero-order valence-corrected chi connectivity index (χ0v) is 25.2. The summed E-state index contributed by atoms with van der Waals surface area (Å²) in [6.07, 6.45) is -0.152. The molecule has 3 aromatic rings. The Kier molecular flexibility index (Phi) is 8.53. The predicted molar refractivity (Wildman–Crippen MR) is 150 cm³/mol. The van der Waals surface area contributed by atoms with Gasteiger partial charge in [0.15, 0.2) is 0 Å². The number of fused-ring (bicyclic) bond motifs is 2. The van der Waals surface area contributed by atoms with Crippen molar-refractivity contribution in [1.82, 2.24) is 19.4 Å². The van der Waals surface area contributed by atoms with Gasteiger partial charge in [-0.05, 0) is 56.2 Å². The number of rotatable bonds is 5. The van der Waals surface area contributed by atoms with Gasteiger partial charge >= 0.3 is 25.0 Å². The summed E-state index contributed by atoms with van der Waals surface area (Å²) in [5.74, 6) is -2.84. The van der Waals surface area contributed by atoms with E-state index in [9.17, 15) is 23.9 Å². The standard InChI is InChI=1S/C31H33F2N5O5.Li/c1-31(2,3)43-30(42)36-10-8-35(9-11-36)21-6-4-18(5-7-21)19-12-22-23(24(33)13-19)16-38(28(22)39)27(29(40)41)26-25-14-20(32)15-37(25)17-34-26;/h4-7,12-13,17,20,27H,8-11,14-16H2,1-3H3,(H,40,41);/q;+1/p-1. The van der Waals surface area contributed by atoms with Crippen molar-refractivity contribution >= 4 is 23.7 Å². The maximum atomic E-state index is 15.4. The summed E-state index contributed by atoms with van der Waals surface area (Å²) in [4.78, 5) is 47.1. The third kappa shape index (κ3) is 5.93. The normalized spacial score (nSPS) is 18.5. The first-order chi connectivity index (χ1) is 20.4. The van der Waals surface area contributed by atoms with Gasteiger partial charge in [0.05, 0.1) is 31.1 Å². The quantitative estimate of drug-likeness (QED) is 0.383. The molecule has 2 amide bonds. The summed E-state index contributed by atoms with van der Waals surface area (Å²) in [7, 11) is 0. The number of aromatic nitrogens is 2. The summed E-state index contributed by atoms with van der Waals surface area (Å²) in [5.41, 5.74) is 2.15. The average Bonchev–Trinajstić information content (AvgIpc) is 3.61. The van der Waals surface area contributed by atoms with E-state index in [2.05, 4.69) is 9.88 Å². The third-order valence-corrected chi connectivity index (χ3v) is 8.09. The van der Waals surface area contributed by atoms with Crippen LogP contribution in [0.25, 0.3) is 11.1 Å². The Morgan fingerprint density at radius 3 is 2.39 bits per heavy atom. The van der Waals surface area contributed by atoms with Crippen molar-refractivity contribution < 1.29 is 51.9 Å². The van der Waals surface area contributed by atoms with Crippen molar-refractivity contribution in [1.29, 1.82) is 0 Å². The number of carboxylic acids is 1. The fourth-order valence-electron chi connectivity index (χ4n) is 6.00. The second-order valence-corrected chi connectivity index (χ2v) is 12.2. The number of carbonyl (C=O) groups excluding carboxylic acids is 3. The zero-order valence-electron chi connectivity index (χ0n) is 25.2. The van der Waals surface area contributed by atoms with Crippen molar-refractivity contribution in [2.75, 3.05) is 31.1 Å². The van der Waals surface area contributed by atoms with Gasteiger partial charge in [-0.3, -0.25) is 4.79 Å². The summed E-state index contributed by atoms with van der Waals surface area (Å²) < 4.78 is 36.4. The number of imidazole rings is 1. The number of benzene rings is 2. The van der Waals surface area contributed by atoms with Gasteiger partial charge in [0.25, 0.3) is 5.91 Å². The van der Waals surface area contributed by atoms with Crippen molar-refractivity contribution in [3.05, 3.63) is 71.1 Å². The van der Waals surface area contributed by atoms with E-state index in [1.54, 1.807) is 11.0 Å². The van der Waals surface area contributed by atoms with Crippen LogP contribution in [0.4, 0.5) is 19.3 Å². The molecule has 0 spiro atoms. The Bertz CT molecular complexity index is 1600. The molecular weight excluding hydrogens is 567 g/mol. The first kappa shape index (κ1) is 31.5. The molecule has 0 radical (unpaired) electrons. The number of carbonyl (C=O) groups is 3. The van der Waals surface area contributed by atoms with E-state index >= 15 is 4.39 Å². The summed E-state index contributed by atoms with van der Waals surface area (Å²) in [6.45, 7) is 7.60. The first-order valence-corrected chi connectivity index (χ1v) is 14.2. The van der Waals surface area contributed by atoms with E-state index in [1.807, 2.05) is 45.0 Å². The second kappa shape index (κ2) is 11.9. The maximum absolute atomic E-state index is 15.4. The van der Waals surface area contributed by atoms with Crippen LogP contribution in [0.5, 0.6) is 0 Å². The number of nitrogens with zero attached hydrogens (tertiary/aromatic N) is 5. The van der Waals surface area contributed by atoms with Crippen LogP contribution in [-0.2, 0) is 29.0 Å². The Morgan fingerprint density at radius 1 is 1.07 bits per heavy atom. The van der Waals surface area contributed by atoms with Crippen LogP contribution in [0.2, 0.25) is 0 Å². The topological polar surface area (TPSA) is 111 Å². The number of aliphatic carboxylic acids is 1. The van der Waals surface area contributed by atoms with E-state index in [0.717, 1.165) is 10.6 Å². The van der Waals surface area contributed by atoms with Gasteiger partial charge in [0, 0.05) is 55.1 Å². The molecule has 10 nitrogen and oxygen atoms in total. The average molecular weight is 600 g/mol. The number of halogens is 2. The number of ether oxygens (including phenoxy) is 1. The summed E-state index contributed by atoms with van der Waals surface area (Å²) in [6, 6.07) is 8.80. The van der Waals surface area contributed by atoms with E-state index < -0.39 is 35.5 Å². The van der Waals surface area contributed by atoms with Gasteiger partial charge in [-0.15, -0.1) is 0 Å². The van der Waals surface area contributed by atoms with Crippen molar-refractivity contribution in [2.45, 2.75) is 58.1 Å². The Hall–Kier alpha value is -3.88. The number of hydrogen-bond donors (Lipinski definition) is 0. The molecular formula is C31H32F2LiN5O5. The predicted octanol–water partition coefficient (Wildman–Crippen LogP) is 0.0915. The van der Waals surface area contributed by atoms with E-state index in [0.29, 0.717) is 43.0 Å². The molecule has 2 unspecified atom stereocenters. The Labute approximate surface area is 265 Å². The van der Waals surface area contributed by atoms with Gasteiger partial charge < -0.3 is 33.9 Å². The molecule has 3 aliphatic rings. The van der Waals surface area contributed by atoms with Crippen LogP contribution in [-0.4, -0.2) is 75.3 Å². The van der Waals surface area contributed by atoms with Crippen LogP contribution in [0.3, 0.4) is 0 Å². The van der Waals surface area contributed by atoms with Crippen molar-refractivity contribution in [3.63, 3.8) is 0 Å². The molecule has 44 heavy (non-hydrogen) atoms. The first-order valence-electron chi connectivity index (χ1n) is 14.2.